The number of piperazine rings is 1. The fraction of sp³-hybridized carbons (Fsp3) is 0.486. The number of rotatable bonds is 14. The first kappa shape index (κ1) is 41.3. The van der Waals surface area contributed by atoms with Crippen molar-refractivity contribution in [3.8, 4) is 28.7 Å². The summed E-state index contributed by atoms with van der Waals surface area (Å²) in [6.07, 6.45) is 3.30. The van der Waals surface area contributed by atoms with Gasteiger partial charge in [0.25, 0.3) is 5.91 Å². The van der Waals surface area contributed by atoms with Gasteiger partial charge in [0.05, 0.1) is 26.4 Å². The molecule has 50 heavy (non-hydrogen) atoms. The van der Waals surface area contributed by atoms with Gasteiger partial charge in [-0.05, 0) is 79.1 Å². The number of fused-ring (bicyclic) bond motifs is 1. The third kappa shape index (κ3) is 13.9. The summed E-state index contributed by atoms with van der Waals surface area (Å²) < 4.78 is 33.1. The molecule has 2 saturated heterocycles. The fourth-order valence-corrected chi connectivity index (χ4v) is 5.62. The second kappa shape index (κ2) is 22.6. The molecule has 0 spiro atoms. The van der Waals surface area contributed by atoms with E-state index in [0.29, 0.717) is 23.9 Å². The zero-order valence-corrected chi connectivity index (χ0v) is 31.2. The van der Waals surface area contributed by atoms with Crippen LogP contribution >= 0.6 is 36.4 Å². The highest BCUT2D eigenvalue weighted by Crippen LogP contribution is 2.33. The van der Waals surface area contributed by atoms with Gasteiger partial charge in [0.1, 0.15) is 17.2 Å². The number of hydrogen-bond donors (Lipinski definition) is 0. The van der Waals surface area contributed by atoms with Gasteiger partial charge in [0, 0.05) is 57.4 Å². The molecule has 0 unspecified atom stereocenters. The summed E-state index contributed by atoms with van der Waals surface area (Å²) in [7, 11) is 0. The van der Waals surface area contributed by atoms with Gasteiger partial charge in [-0.1, -0.05) is 31.0 Å². The molecule has 0 N–H and O–H groups in total. The number of hydrogen-bond acceptors (Lipinski definition) is 9. The van der Waals surface area contributed by atoms with E-state index in [9.17, 15) is 4.79 Å². The second-order valence-corrected chi connectivity index (χ2v) is 12.4. The van der Waals surface area contributed by atoms with Crippen molar-refractivity contribution in [1.29, 1.82) is 0 Å². The molecule has 3 aliphatic heterocycles. The molecule has 3 aromatic carbocycles. The molecule has 2 fully saturated rings. The van der Waals surface area contributed by atoms with Gasteiger partial charge < -0.3 is 33.3 Å². The number of nitrogens with zero attached hydrogens (tertiary/aromatic N) is 3. The van der Waals surface area contributed by atoms with Gasteiger partial charge in [-0.15, -0.1) is 24.8 Å². The summed E-state index contributed by atoms with van der Waals surface area (Å²) in [5, 5.41) is 0.646. The van der Waals surface area contributed by atoms with E-state index in [2.05, 4.69) is 22.8 Å². The SMILES string of the molecule is CCCCOc1ccc(OCCCN2CCOCC2)cc1.Cl.Cl.O=C(COc1ccc(Cl)cc1)N1CCN(Cc2ccc3c(c2)OCO3)CC1. The quantitative estimate of drug-likeness (QED) is 0.169. The highest BCUT2D eigenvalue weighted by molar-refractivity contribution is 6.30. The summed E-state index contributed by atoms with van der Waals surface area (Å²) in [5.74, 6) is 4.10. The first-order chi connectivity index (χ1) is 23.6. The van der Waals surface area contributed by atoms with Crippen LogP contribution in [0.2, 0.25) is 5.02 Å². The number of morpholine rings is 1. The minimum Gasteiger partial charge on any atom is -0.494 e. The lowest BCUT2D eigenvalue weighted by Crippen LogP contribution is -2.49. The third-order valence-corrected chi connectivity index (χ3v) is 8.58. The molecule has 6 rings (SSSR count). The molecule has 3 aliphatic rings. The molecule has 1 amide bonds. The van der Waals surface area contributed by atoms with Crippen LogP contribution in [-0.4, -0.2) is 106 Å². The van der Waals surface area contributed by atoms with Crippen LogP contribution < -0.4 is 23.7 Å². The van der Waals surface area contributed by atoms with Crippen LogP contribution in [-0.2, 0) is 16.1 Å². The van der Waals surface area contributed by atoms with E-state index in [4.69, 9.17) is 40.0 Å². The molecule has 13 heteroatoms. The van der Waals surface area contributed by atoms with E-state index in [0.717, 1.165) is 108 Å². The van der Waals surface area contributed by atoms with Crippen molar-refractivity contribution in [3.05, 3.63) is 77.3 Å². The maximum Gasteiger partial charge on any atom is 0.260 e. The predicted molar refractivity (Wildman–Crippen MR) is 200 cm³/mol. The number of halogens is 3. The summed E-state index contributed by atoms with van der Waals surface area (Å²) in [6.45, 7) is 12.8. The zero-order chi connectivity index (χ0) is 33.4. The number of ether oxygens (including phenoxy) is 6. The molecule has 0 saturated carbocycles. The van der Waals surface area contributed by atoms with Gasteiger partial charge >= 0.3 is 0 Å². The Morgan fingerprint density at radius 2 is 1.32 bits per heavy atom. The Bertz CT molecular complexity index is 1390. The average Bonchev–Trinajstić information content (AvgIpc) is 3.60. The van der Waals surface area contributed by atoms with E-state index < -0.39 is 0 Å². The maximum atomic E-state index is 12.4. The average molecular weight is 755 g/mol. The zero-order valence-electron chi connectivity index (χ0n) is 28.8. The van der Waals surface area contributed by atoms with Gasteiger partial charge in [0.2, 0.25) is 6.79 Å². The van der Waals surface area contributed by atoms with Gasteiger partial charge in [-0.3, -0.25) is 14.6 Å². The Kier molecular flexibility index (Phi) is 18.7. The molecule has 0 aromatic heterocycles. The van der Waals surface area contributed by atoms with E-state index >= 15 is 0 Å². The molecule has 0 aliphatic carbocycles. The second-order valence-electron chi connectivity index (χ2n) is 11.9. The maximum absolute atomic E-state index is 12.4. The highest BCUT2D eigenvalue weighted by Gasteiger charge is 2.22. The van der Waals surface area contributed by atoms with Crippen LogP contribution in [0.4, 0.5) is 0 Å². The Labute approximate surface area is 313 Å². The van der Waals surface area contributed by atoms with Crippen LogP contribution in [0.3, 0.4) is 0 Å². The summed E-state index contributed by atoms with van der Waals surface area (Å²) in [4.78, 5) is 19.0. The normalized spacial score (nSPS) is 15.5. The molecule has 10 nitrogen and oxygen atoms in total. The molecular formula is C37H50Cl3N3O7. The summed E-state index contributed by atoms with van der Waals surface area (Å²) >= 11 is 5.85. The number of amides is 1. The number of benzene rings is 3. The summed E-state index contributed by atoms with van der Waals surface area (Å²) in [5.41, 5.74) is 1.19. The van der Waals surface area contributed by atoms with Crippen molar-refractivity contribution in [2.45, 2.75) is 32.7 Å². The monoisotopic (exact) mass is 753 g/mol. The molecule has 3 aromatic rings. The predicted octanol–water partition coefficient (Wildman–Crippen LogP) is 6.60. The molecule has 0 bridgehead atoms. The number of carbonyl (C=O) groups excluding carboxylic acids is 1. The van der Waals surface area contributed by atoms with E-state index in [1.165, 1.54) is 5.56 Å². The van der Waals surface area contributed by atoms with Crippen LogP contribution in [0.5, 0.6) is 28.7 Å². The molecule has 0 atom stereocenters. The van der Waals surface area contributed by atoms with E-state index in [-0.39, 0.29) is 44.1 Å². The van der Waals surface area contributed by atoms with E-state index in [1.54, 1.807) is 24.3 Å². The molecule has 0 radical (unpaired) electrons. The van der Waals surface area contributed by atoms with Crippen molar-refractivity contribution in [1.82, 2.24) is 14.7 Å². The van der Waals surface area contributed by atoms with Crippen LogP contribution in [0.25, 0.3) is 0 Å². The summed E-state index contributed by atoms with van der Waals surface area (Å²) in [6, 6.07) is 21.0. The van der Waals surface area contributed by atoms with Crippen molar-refractivity contribution in [2.24, 2.45) is 0 Å². The number of unbranched alkanes of at least 4 members (excludes halogenated alkanes) is 1. The van der Waals surface area contributed by atoms with Crippen LogP contribution in [0.1, 0.15) is 31.7 Å². The highest BCUT2D eigenvalue weighted by atomic mass is 35.5. The van der Waals surface area contributed by atoms with Crippen LogP contribution in [0, 0.1) is 0 Å². The van der Waals surface area contributed by atoms with Gasteiger partial charge in [-0.25, -0.2) is 0 Å². The standard InChI is InChI=1S/C20H21ClN2O4.C17H27NO3.2ClH/c21-16-2-4-17(5-3-16)25-13-20(24)23-9-7-22(8-10-23)12-15-1-6-18-19(11-15)27-14-26-18;1-2-3-12-20-16-5-7-17(8-6-16)21-13-4-9-18-10-14-19-15-11-18;;/h1-6,11H,7-10,12-14H2;5-8H,2-4,9-15H2,1H3;2*1H. The number of carbonyl (C=O) groups is 1. The Morgan fingerprint density at radius 3 is 1.98 bits per heavy atom. The van der Waals surface area contributed by atoms with Gasteiger partial charge in [-0.2, -0.15) is 0 Å². The first-order valence-electron chi connectivity index (χ1n) is 17.0. The lowest BCUT2D eigenvalue weighted by molar-refractivity contribution is -0.135. The Balaban J connectivity index is 0.000000268. The lowest BCUT2D eigenvalue weighted by atomic mass is 10.1. The minimum atomic E-state index is 0. The fourth-order valence-electron chi connectivity index (χ4n) is 5.49. The van der Waals surface area contributed by atoms with Gasteiger partial charge in [0.15, 0.2) is 18.1 Å². The van der Waals surface area contributed by atoms with Crippen molar-refractivity contribution < 1.29 is 33.2 Å². The molecule has 276 valence electrons. The first-order valence-corrected chi connectivity index (χ1v) is 17.4. The smallest absolute Gasteiger partial charge is 0.260 e. The van der Waals surface area contributed by atoms with Crippen molar-refractivity contribution >= 4 is 42.3 Å². The molecular weight excluding hydrogens is 705 g/mol. The molecule has 3 heterocycles. The van der Waals surface area contributed by atoms with Crippen molar-refractivity contribution in [2.75, 3.05) is 85.6 Å². The van der Waals surface area contributed by atoms with Crippen LogP contribution in [0.15, 0.2) is 66.7 Å². The lowest BCUT2D eigenvalue weighted by Gasteiger charge is -2.34. The Hall–Kier alpha value is -3.12. The van der Waals surface area contributed by atoms with E-state index in [1.807, 2.05) is 41.3 Å². The third-order valence-electron chi connectivity index (χ3n) is 8.33. The topological polar surface area (TPSA) is 82.2 Å². The van der Waals surface area contributed by atoms with Crippen molar-refractivity contribution in [3.63, 3.8) is 0 Å². The largest absolute Gasteiger partial charge is 0.494 e. The minimum absolute atomic E-state index is 0. The Morgan fingerprint density at radius 1 is 0.720 bits per heavy atom.